The summed E-state index contributed by atoms with van der Waals surface area (Å²) in [6.07, 6.45) is 0. The molecule has 4 heterocycles. The first-order valence-corrected chi connectivity index (χ1v) is 29.1. The molecule has 394 valence electrons. The van der Waals surface area contributed by atoms with Gasteiger partial charge in [-0.15, -0.1) is 0 Å². The lowest BCUT2D eigenvalue weighted by atomic mass is 9.34. The lowest BCUT2D eigenvalue weighted by molar-refractivity contribution is 1.16. The van der Waals surface area contributed by atoms with E-state index < -0.39 is 0 Å². The predicted octanol–water partition coefficient (Wildman–Crippen LogP) is 18.1. The van der Waals surface area contributed by atoms with E-state index in [-0.39, 0.29) is 6.71 Å². The van der Waals surface area contributed by atoms with Crippen LogP contribution in [-0.2, 0) is 0 Å². The fourth-order valence-electron chi connectivity index (χ4n) is 14.8. The van der Waals surface area contributed by atoms with Gasteiger partial charge in [0.05, 0.1) is 44.1 Å². The first-order chi connectivity index (χ1) is 40.6. The van der Waals surface area contributed by atoms with Gasteiger partial charge in [0, 0.05) is 65.8 Å². The van der Waals surface area contributed by atoms with Gasteiger partial charge in [-0.1, -0.05) is 201 Å². The van der Waals surface area contributed by atoms with E-state index in [0.717, 1.165) is 33.9 Å². The molecule has 16 aromatic rings. The monoisotopic (exact) mass is 1060 g/mol. The molecule has 83 heavy (non-hydrogen) atoms. The smallest absolute Gasteiger partial charge is 0.242 e. The third kappa shape index (κ3) is 7.54. The lowest BCUT2D eigenvalue weighted by Crippen LogP contribution is -2.56. The zero-order valence-electron chi connectivity index (χ0n) is 47.5. The van der Waals surface area contributed by atoms with Crippen molar-refractivity contribution in [2.24, 2.45) is 0 Å². The van der Waals surface area contributed by atoms with Gasteiger partial charge >= 0.3 is 0 Å². The van der Waals surface area contributed by atoms with Crippen LogP contribution in [0.1, 0.15) is 33.4 Å². The molecule has 0 radical (unpaired) electrons. The van der Waals surface area contributed by atoms with E-state index in [1.54, 1.807) is 0 Å². The molecule has 0 bridgehead atoms. The molecular weight excluding hydrogens is 1000 g/mol. The molecule has 0 aliphatic heterocycles. The molecule has 0 N–H and O–H groups in total. The van der Waals surface area contributed by atoms with Crippen molar-refractivity contribution in [3.63, 3.8) is 0 Å². The zero-order chi connectivity index (χ0) is 55.8. The highest BCUT2D eigenvalue weighted by molar-refractivity contribution is 6.96. The van der Waals surface area contributed by atoms with E-state index in [4.69, 9.17) is 0 Å². The molecule has 0 unspecified atom stereocenters. The van der Waals surface area contributed by atoms with Gasteiger partial charge in [-0.3, -0.25) is 0 Å². The fourth-order valence-corrected chi connectivity index (χ4v) is 14.8. The summed E-state index contributed by atoms with van der Waals surface area (Å²) in [5, 5.41) is 9.92. The highest BCUT2D eigenvalue weighted by Gasteiger charge is 2.31. The van der Waals surface area contributed by atoms with Crippen LogP contribution in [0.2, 0.25) is 0 Å². The van der Waals surface area contributed by atoms with Crippen molar-refractivity contribution in [3.8, 4) is 33.9 Å². The third-order valence-electron chi connectivity index (χ3n) is 18.0. The topological polar surface area (TPSA) is 19.7 Å². The number of fused-ring (bicyclic) bond motifs is 12. The maximum Gasteiger partial charge on any atom is 0.242 e. The van der Waals surface area contributed by atoms with Gasteiger partial charge in [-0.05, 0) is 150 Å². The summed E-state index contributed by atoms with van der Waals surface area (Å²) in [7, 11) is 0. The summed E-state index contributed by atoms with van der Waals surface area (Å²) in [6.45, 7) is 13.7. The summed E-state index contributed by atoms with van der Waals surface area (Å²) in [5.74, 6) is 0. The molecule has 0 saturated heterocycles. The molecule has 0 aliphatic carbocycles. The average molecular weight is 1060 g/mol. The predicted molar refractivity (Wildman–Crippen MR) is 355 cm³/mol. The maximum atomic E-state index is 2.55. The molecule has 0 spiro atoms. The summed E-state index contributed by atoms with van der Waals surface area (Å²) >= 11 is 0. The average Bonchev–Trinajstić information content (AvgIpc) is 2.89. The standard InChI is InChI=1S/C78H59BN4/c1-48-36-50(3)77(51(4)37-48)79(78-52(5)38-49(2)39-53(78)6)56-40-55(42-60(43-56)83-72-35-20-16-31-64(72)68-45-66-62-29-14-18-33-70(62)81(74(66)47-76(68)83)58-25-11-8-12-26-58)54-22-21-27-59(41-54)82-71-34-19-15-30-63(71)67-44-65-61-28-13-17-32-69(61)80(73(65)46-75(67)82)57-23-9-7-10-24-57/h7-47H,1-6H3. The Morgan fingerprint density at radius 2 is 0.566 bits per heavy atom. The van der Waals surface area contributed by atoms with Crippen LogP contribution in [0.15, 0.2) is 249 Å². The number of nitrogens with zero attached hydrogens (tertiary/aromatic N) is 4. The van der Waals surface area contributed by atoms with Crippen LogP contribution in [0.4, 0.5) is 0 Å². The van der Waals surface area contributed by atoms with Gasteiger partial charge in [0.1, 0.15) is 0 Å². The summed E-state index contributed by atoms with van der Waals surface area (Å²) < 4.78 is 9.93. The van der Waals surface area contributed by atoms with Crippen LogP contribution < -0.4 is 16.4 Å². The summed E-state index contributed by atoms with van der Waals surface area (Å²) in [6, 6.07) is 93.4. The van der Waals surface area contributed by atoms with Crippen molar-refractivity contribution in [3.05, 3.63) is 282 Å². The molecule has 0 fully saturated rings. The quantitative estimate of drug-likeness (QED) is 0.135. The number of aryl methyl sites for hydroxylation is 6. The Morgan fingerprint density at radius 3 is 0.976 bits per heavy atom. The van der Waals surface area contributed by atoms with Crippen molar-refractivity contribution in [2.75, 3.05) is 0 Å². The first-order valence-electron chi connectivity index (χ1n) is 29.1. The van der Waals surface area contributed by atoms with Crippen LogP contribution in [0, 0.1) is 41.5 Å². The Bertz CT molecular complexity index is 5240. The van der Waals surface area contributed by atoms with Gasteiger partial charge < -0.3 is 18.3 Å². The Labute approximate surface area is 483 Å². The van der Waals surface area contributed by atoms with Crippen LogP contribution in [0.25, 0.3) is 121 Å². The summed E-state index contributed by atoms with van der Waals surface area (Å²) in [4.78, 5) is 0. The molecule has 5 heteroatoms. The number of hydrogen-bond acceptors (Lipinski definition) is 0. The number of para-hydroxylation sites is 6. The van der Waals surface area contributed by atoms with Crippen LogP contribution in [0.3, 0.4) is 0 Å². The van der Waals surface area contributed by atoms with Gasteiger partial charge in [-0.25, -0.2) is 0 Å². The molecule has 0 atom stereocenters. The van der Waals surface area contributed by atoms with Gasteiger partial charge in [0.2, 0.25) is 6.71 Å². The number of rotatable bonds is 8. The van der Waals surface area contributed by atoms with Crippen LogP contribution >= 0.6 is 0 Å². The van der Waals surface area contributed by atoms with E-state index in [1.165, 1.54) is 137 Å². The van der Waals surface area contributed by atoms with Gasteiger partial charge in [0.15, 0.2) is 0 Å². The lowest BCUT2D eigenvalue weighted by Gasteiger charge is -2.26. The van der Waals surface area contributed by atoms with E-state index >= 15 is 0 Å². The largest absolute Gasteiger partial charge is 0.309 e. The van der Waals surface area contributed by atoms with Crippen molar-refractivity contribution >= 4 is 110 Å². The number of benzene rings is 12. The molecule has 0 amide bonds. The fraction of sp³-hybridized carbons (Fsp3) is 0.0769. The third-order valence-corrected chi connectivity index (χ3v) is 18.0. The first kappa shape index (κ1) is 48.8. The van der Waals surface area contributed by atoms with E-state index in [1.807, 2.05) is 0 Å². The molecule has 0 saturated carbocycles. The number of aromatic nitrogens is 4. The molecule has 4 nitrogen and oxygen atoms in total. The second-order valence-electron chi connectivity index (χ2n) is 23.3. The Kier molecular flexibility index (Phi) is 11.0. The molecule has 0 aliphatic rings. The minimum atomic E-state index is -0.0605. The minimum absolute atomic E-state index is 0.0605. The number of hydrogen-bond donors (Lipinski definition) is 0. The molecular formula is C78H59BN4. The molecule has 4 aromatic heterocycles. The molecule has 16 rings (SSSR count). The zero-order valence-corrected chi connectivity index (χ0v) is 47.5. The van der Waals surface area contributed by atoms with E-state index in [9.17, 15) is 0 Å². The highest BCUT2D eigenvalue weighted by Crippen LogP contribution is 2.43. The normalized spacial score (nSPS) is 12.0. The van der Waals surface area contributed by atoms with Crippen LogP contribution in [0.5, 0.6) is 0 Å². The van der Waals surface area contributed by atoms with E-state index in [0.29, 0.717) is 0 Å². The maximum absolute atomic E-state index is 2.55. The van der Waals surface area contributed by atoms with E-state index in [2.05, 4.69) is 309 Å². The van der Waals surface area contributed by atoms with Crippen molar-refractivity contribution in [1.82, 2.24) is 18.3 Å². The Balaban J connectivity index is 0.990. The minimum Gasteiger partial charge on any atom is -0.309 e. The Hall–Kier alpha value is -10.1. The van der Waals surface area contributed by atoms with Crippen molar-refractivity contribution in [2.45, 2.75) is 41.5 Å². The van der Waals surface area contributed by atoms with Crippen molar-refractivity contribution < 1.29 is 0 Å². The van der Waals surface area contributed by atoms with Gasteiger partial charge in [0.25, 0.3) is 0 Å². The SMILES string of the molecule is Cc1cc(C)c(B(c2cc(-c3cccc(-n4c5ccccc5c5cc6c7ccccc7n(-c7ccccc7)c6cc54)c3)cc(-n3c4ccccc4c4cc5c6ccccc6n(-c6ccccc6)c5cc43)c2)c2c(C)cc(C)cc2C)c(C)c1. The summed E-state index contributed by atoms with van der Waals surface area (Å²) in [5.41, 5.74) is 28.1. The second kappa shape index (κ2) is 18.7. The van der Waals surface area contributed by atoms with Crippen molar-refractivity contribution in [1.29, 1.82) is 0 Å². The molecule has 12 aromatic carbocycles. The Morgan fingerprint density at radius 1 is 0.229 bits per heavy atom. The van der Waals surface area contributed by atoms with Gasteiger partial charge in [-0.2, -0.15) is 0 Å². The van der Waals surface area contributed by atoms with Crippen LogP contribution in [-0.4, -0.2) is 25.0 Å². The highest BCUT2D eigenvalue weighted by atomic mass is 15.0. The second-order valence-corrected chi connectivity index (χ2v) is 23.3.